The Morgan fingerprint density at radius 3 is 2.54 bits per heavy atom. The molecule has 0 unspecified atom stereocenters. The molecule has 0 radical (unpaired) electrons. The average molecular weight is 352 g/mol. The first kappa shape index (κ1) is 17.2. The molecule has 0 aliphatic rings. The summed E-state index contributed by atoms with van der Waals surface area (Å²) in [4.78, 5) is 23.3. The van der Waals surface area contributed by atoms with Crippen LogP contribution in [-0.4, -0.2) is 38.1 Å². The zero-order valence-electron chi connectivity index (χ0n) is 13.7. The first-order valence-corrected chi connectivity index (χ1v) is 7.82. The van der Waals surface area contributed by atoms with E-state index in [1.807, 2.05) is 18.2 Å². The highest BCUT2D eigenvalue weighted by Gasteiger charge is 2.09. The van der Waals surface area contributed by atoms with Gasteiger partial charge in [0.1, 0.15) is 5.82 Å². The number of anilines is 3. The van der Waals surface area contributed by atoms with Crippen LogP contribution in [0.3, 0.4) is 0 Å². The normalized spacial score (nSPS) is 10.3. The van der Waals surface area contributed by atoms with Crippen molar-refractivity contribution in [3.8, 4) is 11.4 Å². The second-order valence-electron chi connectivity index (χ2n) is 5.26. The Bertz CT molecular complexity index is 887. The second kappa shape index (κ2) is 7.99. The number of rotatable bonds is 7. The van der Waals surface area contributed by atoms with Crippen LogP contribution >= 0.6 is 0 Å². The topological polar surface area (TPSA) is 126 Å². The Morgan fingerprint density at radius 1 is 1.08 bits per heavy atom. The van der Waals surface area contributed by atoms with Gasteiger partial charge in [0.25, 0.3) is 5.69 Å². The van der Waals surface area contributed by atoms with Crippen molar-refractivity contribution in [1.29, 1.82) is 0 Å². The van der Waals surface area contributed by atoms with Crippen LogP contribution in [0.1, 0.15) is 0 Å². The van der Waals surface area contributed by atoms with E-state index in [1.165, 1.54) is 12.1 Å². The summed E-state index contributed by atoms with van der Waals surface area (Å²) in [5, 5.41) is 25.8. The van der Waals surface area contributed by atoms with E-state index in [9.17, 15) is 10.1 Å². The third-order valence-electron chi connectivity index (χ3n) is 3.40. The predicted molar refractivity (Wildman–Crippen MR) is 97.2 cm³/mol. The van der Waals surface area contributed by atoms with Gasteiger partial charge >= 0.3 is 0 Å². The number of nitro groups is 1. The van der Waals surface area contributed by atoms with Gasteiger partial charge in [0, 0.05) is 36.6 Å². The number of benzene rings is 1. The van der Waals surface area contributed by atoms with Crippen LogP contribution in [0, 0.1) is 10.1 Å². The quantitative estimate of drug-likeness (QED) is 0.437. The van der Waals surface area contributed by atoms with Crippen molar-refractivity contribution in [2.45, 2.75) is 0 Å². The summed E-state index contributed by atoms with van der Waals surface area (Å²) in [5.74, 6) is 0.835. The minimum Gasteiger partial charge on any atom is -0.395 e. The molecular formula is C17H16N6O3. The molecule has 2 aromatic heterocycles. The number of nitrogens with one attached hydrogen (secondary N) is 2. The Hall–Kier alpha value is -3.59. The van der Waals surface area contributed by atoms with E-state index in [-0.39, 0.29) is 12.3 Å². The van der Waals surface area contributed by atoms with Gasteiger partial charge in [-0.15, -0.1) is 0 Å². The molecule has 9 nitrogen and oxygen atoms in total. The molecule has 0 saturated carbocycles. The number of nitro benzene ring substituents is 1. The summed E-state index contributed by atoms with van der Waals surface area (Å²) in [6, 6.07) is 13.2. The summed E-state index contributed by atoms with van der Waals surface area (Å²) < 4.78 is 0. The third-order valence-corrected chi connectivity index (χ3v) is 3.40. The molecule has 26 heavy (non-hydrogen) atoms. The Labute approximate surface area is 148 Å². The Morgan fingerprint density at radius 2 is 1.88 bits per heavy atom. The first-order chi connectivity index (χ1) is 12.7. The summed E-state index contributed by atoms with van der Waals surface area (Å²) in [6.07, 6.45) is 1.67. The molecule has 3 aromatic rings. The maximum absolute atomic E-state index is 10.7. The zero-order chi connectivity index (χ0) is 18.4. The van der Waals surface area contributed by atoms with Gasteiger partial charge in [0.2, 0.25) is 5.95 Å². The average Bonchev–Trinajstić information content (AvgIpc) is 2.67. The van der Waals surface area contributed by atoms with Gasteiger partial charge < -0.3 is 15.7 Å². The van der Waals surface area contributed by atoms with Crippen molar-refractivity contribution in [1.82, 2.24) is 15.0 Å². The molecule has 0 amide bonds. The molecule has 0 spiro atoms. The molecule has 0 saturated heterocycles. The van der Waals surface area contributed by atoms with E-state index < -0.39 is 4.92 Å². The molecular weight excluding hydrogens is 336 g/mol. The second-order valence-corrected chi connectivity index (χ2v) is 5.26. The molecule has 0 bridgehead atoms. The van der Waals surface area contributed by atoms with Gasteiger partial charge in [-0.05, 0) is 24.3 Å². The lowest BCUT2D eigenvalue weighted by Gasteiger charge is -2.10. The number of hydrogen-bond donors (Lipinski definition) is 3. The zero-order valence-corrected chi connectivity index (χ0v) is 13.7. The predicted octanol–water partition coefficient (Wildman–Crippen LogP) is 2.59. The number of aliphatic hydroxyl groups is 1. The van der Waals surface area contributed by atoms with Crippen molar-refractivity contribution in [2.75, 3.05) is 23.8 Å². The minimum atomic E-state index is -0.454. The fourth-order valence-corrected chi connectivity index (χ4v) is 2.22. The van der Waals surface area contributed by atoms with Crippen molar-refractivity contribution < 1.29 is 10.0 Å². The van der Waals surface area contributed by atoms with Gasteiger partial charge in [0.05, 0.1) is 22.9 Å². The summed E-state index contributed by atoms with van der Waals surface area (Å²) in [6.45, 7) is 0.255. The van der Waals surface area contributed by atoms with E-state index in [0.29, 0.717) is 35.4 Å². The molecule has 9 heteroatoms. The highest BCUT2D eigenvalue weighted by Crippen LogP contribution is 2.23. The number of hydrogen-bond acceptors (Lipinski definition) is 8. The third kappa shape index (κ3) is 4.28. The monoisotopic (exact) mass is 352 g/mol. The fourth-order valence-electron chi connectivity index (χ4n) is 2.22. The fraction of sp³-hybridized carbons (Fsp3) is 0.118. The number of nitrogens with zero attached hydrogens (tertiary/aromatic N) is 4. The Kier molecular flexibility index (Phi) is 5.30. The van der Waals surface area contributed by atoms with E-state index >= 15 is 0 Å². The van der Waals surface area contributed by atoms with Crippen molar-refractivity contribution in [2.24, 2.45) is 0 Å². The van der Waals surface area contributed by atoms with Crippen LogP contribution in [-0.2, 0) is 0 Å². The molecule has 0 aliphatic heterocycles. The number of non-ortho nitro benzene ring substituents is 1. The van der Waals surface area contributed by atoms with Gasteiger partial charge in [-0.1, -0.05) is 6.07 Å². The Balaban J connectivity index is 1.90. The molecule has 2 heterocycles. The van der Waals surface area contributed by atoms with Crippen LogP contribution in [0.15, 0.2) is 54.7 Å². The number of pyridine rings is 1. The van der Waals surface area contributed by atoms with Gasteiger partial charge in [-0.25, -0.2) is 4.98 Å². The van der Waals surface area contributed by atoms with Gasteiger partial charge in [-0.2, -0.15) is 4.98 Å². The van der Waals surface area contributed by atoms with Crippen LogP contribution < -0.4 is 10.6 Å². The highest BCUT2D eigenvalue weighted by atomic mass is 16.6. The van der Waals surface area contributed by atoms with Crippen LogP contribution in [0.2, 0.25) is 0 Å². The van der Waals surface area contributed by atoms with E-state index in [0.717, 1.165) is 0 Å². The number of aliphatic hydroxyl groups excluding tert-OH is 1. The van der Waals surface area contributed by atoms with E-state index in [2.05, 4.69) is 25.6 Å². The van der Waals surface area contributed by atoms with E-state index in [1.54, 1.807) is 24.4 Å². The van der Waals surface area contributed by atoms with Crippen LogP contribution in [0.5, 0.6) is 0 Å². The minimum absolute atomic E-state index is 0.0118. The van der Waals surface area contributed by atoms with E-state index in [4.69, 9.17) is 5.11 Å². The largest absolute Gasteiger partial charge is 0.395 e. The number of aromatic nitrogens is 3. The molecule has 3 rings (SSSR count). The standard InChI is InChI=1S/C17H16N6O3/c24-10-9-19-17-21-15(14-3-1-2-8-18-14)11-16(22-17)20-12-4-6-13(7-5-12)23(25)26/h1-8,11,24H,9-10H2,(H2,19,20,21,22). The van der Waals surface area contributed by atoms with Gasteiger partial charge in [-0.3, -0.25) is 15.1 Å². The van der Waals surface area contributed by atoms with Crippen LogP contribution in [0.4, 0.5) is 23.1 Å². The SMILES string of the molecule is O=[N+]([O-])c1ccc(Nc2cc(-c3ccccn3)nc(NCCO)n2)cc1. The molecule has 3 N–H and O–H groups in total. The van der Waals surface area contributed by atoms with Crippen LogP contribution in [0.25, 0.3) is 11.4 Å². The molecule has 1 aromatic carbocycles. The summed E-state index contributed by atoms with van der Waals surface area (Å²) >= 11 is 0. The molecule has 132 valence electrons. The summed E-state index contributed by atoms with van der Waals surface area (Å²) in [5.41, 5.74) is 1.94. The van der Waals surface area contributed by atoms with Gasteiger partial charge in [0.15, 0.2) is 0 Å². The van der Waals surface area contributed by atoms with Crippen molar-refractivity contribution in [3.63, 3.8) is 0 Å². The van der Waals surface area contributed by atoms with Crippen molar-refractivity contribution in [3.05, 3.63) is 64.8 Å². The molecule has 0 atom stereocenters. The summed E-state index contributed by atoms with van der Waals surface area (Å²) in [7, 11) is 0. The lowest BCUT2D eigenvalue weighted by molar-refractivity contribution is -0.384. The molecule has 0 fully saturated rings. The van der Waals surface area contributed by atoms with Crippen molar-refractivity contribution >= 4 is 23.1 Å². The smallest absolute Gasteiger partial charge is 0.269 e. The maximum Gasteiger partial charge on any atom is 0.269 e. The molecule has 0 aliphatic carbocycles. The lowest BCUT2D eigenvalue weighted by atomic mass is 10.2. The lowest BCUT2D eigenvalue weighted by Crippen LogP contribution is -2.10. The highest BCUT2D eigenvalue weighted by molar-refractivity contribution is 5.65. The maximum atomic E-state index is 10.7. The first-order valence-electron chi connectivity index (χ1n) is 7.82.